The van der Waals surface area contributed by atoms with Gasteiger partial charge in [0.05, 0.1) is 18.2 Å². The van der Waals surface area contributed by atoms with Crippen molar-refractivity contribution in [3.8, 4) is 0 Å². The second-order valence-corrected chi connectivity index (χ2v) is 9.64. The second-order valence-electron chi connectivity index (χ2n) is 7.33. The summed E-state index contributed by atoms with van der Waals surface area (Å²) in [4.78, 5) is 14.9. The van der Waals surface area contributed by atoms with Crippen LogP contribution >= 0.6 is 11.6 Å². The van der Waals surface area contributed by atoms with Gasteiger partial charge in [-0.15, -0.1) is 0 Å². The lowest BCUT2D eigenvalue weighted by atomic mass is 10.0. The number of carbonyl (C=O) groups excluding carboxylic acids is 1. The second kappa shape index (κ2) is 9.54. The van der Waals surface area contributed by atoms with Crippen LogP contribution in [0.2, 0.25) is 5.02 Å². The molecule has 1 saturated heterocycles. The monoisotopic (exact) mass is 431 g/mol. The van der Waals surface area contributed by atoms with Gasteiger partial charge in [-0.25, -0.2) is 8.42 Å². The lowest BCUT2D eigenvalue weighted by Crippen LogP contribution is -2.55. The summed E-state index contributed by atoms with van der Waals surface area (Å²) in [6, 6.07) is 4.35. The van der Waals surface area contributed by atoms with Gasteiger partial charge in [-0.2, -0.15) is 4.31 Å². The molecular formula is C19H30ClN3O4S. The highest BCUT2D eigenvalue weighted by Crippen LogP contribution is 2.26. The van der Waals surface area contributed by atoms with E-state index in [0.29, 0.717) is 32.8 Å². The average molecular weight is 432 g/mol. The number of rotatable bonds is 8. The minimum atomic E-state index is -3.75. The number of halogens is 1. The first-order valence-corrected chi connectivity index (χ1v) is 11.4. The fourth-order valence-electron chi connectivity index (χ4n) is 3.22. The van der Waals surface area contributed by atoms with E-state index >= 15 is 0 Å². The molecule has 1 aromatic rings. The zero-order chi connectivity index (χ0) is 20.9. The Kier molecular flexibility index (Phi) is 7.87. The summed E-state index contributed by atoms with van der Waals surface area (Å²) in [6.07, 6.45) is 0. The van der Waals surface area contributed by atoms with Crippen molar-refractivity contribution in [1.29, 1.82) is 0 Å². The summed E-state index contributed by atoms with van der Waals surface area (Å²) in [5, 5.41) is 3.03. The van der Waals surface area contributed by atoms with E-state index in [9.17, 15) is 13.2 Å². The van der Waals surface area contributed by atoms with E-state index in [1.165, 1.54) is 16.4 Å². The molecule has 1 N–H and O–H groups in total. The fraction of sp³-hybridized carbons (Fsp3) is 0.632. The molecule has 0 spiro atoms. The van der Waals surface area contributed by atoms with E-state index in [4.69, 9.17) is 16.3 Å². The summed E-state index contributed by atoms with van der Waals surface area (Å²) in [6.45, 7) is 11.8. The van der Waals surface area contributed by atoms with Crippen molar-refractivity contribution in [3.63, 3.8) is 0 Å². The predicted octanol–water partition coefficient (Wildman–Crippen LogP) is 2.21. The number of amides is 1. The normalized spacial score (nSPS) is 16.4. The number of benzene rings is 1. The first-order chi connectivity index (χ1) is 13.1. The number of ether oxygens (including phenoxy) is 1. The van der Waals surface area contributed by atoms with Crippen LogP contribution in [0.25, 0.3) is 0 Å². The van der Waals surface area contributed by atoms with Gasteiger partial charge in [0, 0.05) is 43.8 Å². The first kappa shape index (κ1) is 23.1. The van der Waals surface area contributed by atoms with Gasteiger partial charge in [-0.05, 0) is 32.0 Å². The number of nitrogens with zero attached hydrogens (tertiary/aromatic N) is 2. The Morgan fingerprint density at radius 3 is 2.43 bits per heavy atom. The molecule has 1 amide bonds. The highest BCUT2D eigenvalue weighted by molar-refractivity contribution is 7.89. The maximum Gasteiger partial charge on any atom is 0.251 e. The topological polar surface area (TPSA) is 79.0 Å². The average Bonchev–Trinajstić information content (AvgIpc) is 2.68. The van der Waals surface area contributed by atoms with E-state index < -0.39 is 10.0 Å². The molecule has 0 atom stereocenters. The van der Waals surface area contributed by atoms with Crippen LogP contribution in [0.4, 0.5) is 0 Å². The molecule has 1 aromatic carbocycles. The minimum absolute atomic E-state index is 0.0436. The minimum Gasteiger partial charge on any atom is -0.379 e. The number of sulfonamides is 1. The van der Waals surface area contributed by atoms with Gasteiger partial charge in [-0.1, -0.05) is 25.4 Å². The lowest BCUT2D eigenvalue weighted by molar-refractivity contribution is -0.00923. The van der Waals surface area contributed by atoms with Crippen molar-refractivity contribution < 1.29 is 17.9 Å². The molecule has 0 saturated carbocycles. The Morgan fingerprint density at radius 1 is 1.25 bits per heavy atom. The number of hydrogen-bond donors (Lipinski definition) is 1. The molecule has 1 fully saturated rings. The van der Waals surface area contributed by atoms with Gasteiger partial charge in [0.1, 0.15) is 4.90 Å². The molecule has 28 heavy (non-hydrogen) atoms. The van der Waals surface area contributed by atoms with Crippen molar-refractivity contribution in [3.05, 3.63) is 28.8 Å². The van der Waals surface area contributed by atoms with Crippen LogP contribution < -0.4 is 5.32 Å². The molecule has 0 unspecified atom stereocenters. The number of hydrogen-bond acceptors (Lipinski definition) is 5. The summed E-state index contributed by atoms with van der Waals surface area (Å²) in [5.41, 5.74) is 0.0371. The van der Waals surface area contributed by atoms with Gasteiger partial charge in [0.2, 0.25) is 10.0 Å². The van der Waals surface area contributed by atoms with Crippen LogP contribution in [0.3, 0.4) is 0 Å². The molecule has 1 aliphatic rings. The Labute approximate surface area is 173 Å². The van der Waals surface area contributed by atoms with Gasteiger partial charge in [0.25, 0.3) is 5.91 Å². The Morgan fingerprint density at radius 2 is 1.86 bits per heavy atom. The molecule has 0 bridgehead atoms. The Balaban J connectivity index is 2.16. The molecule has 0 radical (unpaired) electrons. The zero-order valence-corrected chi connectivity index (χ0v) is 18.6. The lowest BCUT2D eigenvalue weighted by Gasteiger charge is -2.40. The van der Waals surface area contributed by atoms with Crippen LogP contribution in [0.1, 0.15) is 38.1 Å². The first-order valence-electron chi connectivity index (χ1n) is 9.54. The molecular weight excluding hydrogens is 402 g/mol. The Hall–Kier alpha value is -1.19. The summed E-state index contributed by atoms with van der Waals surface area (Å²) >= 11 is 6.14. The van der Waals surface area contributed by atoms with Crippen molar-refractivity contribution in [2.24, 2.45) is 0 Å². The van der Waals surface area contributed by atoms with Crippen molar-refractivity contribution in [1.82, 2.24) is 14.5 Å². The third-order valence-electron chi connectivity index (χ3n) is 5.07. The molecule has 0 aromatic heterocycles. The molecule has 0 aliphatic carbocycles. The summed E-state index contributed by atoms with van der Waals surface area (Å²) in [5.74, 6) is -0.325. The van der Waals surface area contributed by atoms with Crippen LogP contribution in [-0.4, -0.2) is 75.0 Å². The number of carbonyl (C=O) groups is 1. The van der Waals surface area contributed by atoms with E-state index in [1.807, 2.05) is 0 Å². The Bertz CT molecular complexity index is 788. The van der Waals surface area contributed by atoms with Gasteiger partial charge in [0.15, 0.2) is 0 Å². The standard InChI is InChI=1S/C19H30ClN3O4S/c1-5-23(6-2)28(25,26)17-13-15(7-8-16(17)20)18(24)21-14-19(3,4)22-9-11-27-12-10-22/h7-8,13H,5-6,9-12,14H2,1-4H3,(H,21,24). The van der Waals surface area contributed by atoms with Crippen molar-refractivity contribution >= 4 is 27.5 Å². The van der Waals surface area contributed by atoms with E-state index in [1.54, 1.807) is 19.9 Å². The van der Waals surface area contributed by atoms with Gasteiger partial charge < -0.3 is 10.1 Å². The predicted molar refractivity (Wildman–Crippen MR) is 110 cm³/mol. The smallest absolute Gasteiger partial charge is 0.251 e. The van der Waals surface area contributed by atoms with E-state index in [0.717, 1.165) is 13.1 Å². The van der Waals surface area contributed by atoms with Gasteiger partial charge in [-0.3, -0.25) is 9.69 Å². The largest absolute Gasteiger partial charge is 0.379 e. The van der Waals surface area contributed by atoms with Crippen LogP contribution in [0.5, 0.6) is 0 Å². The van der Waals surface area contributed by atoms with E-state index in [2.05, 4.69) is 24.1 Å². The molecule has 2 rings (SSSR count). The van der Waals surface area contributed by atoms with Crippen LogP contribution in [0, 0.1) is 0 Å². The SMILES string of the molecule is CCN(CC)S(=O)(=O)c1cc(C(=O)NCC(C)(C)N2CCOCC2)ccc1Cl. The van der Waals surface area contributed by atoms with Crippen molar-refractivity contribution in [2.75, 3.05) is 45.9 Å². The molecule has 9 heteroatoms. The third kappa shape index (κ3) is 5.24. The third-order valence-corrected chi connectivity index (χ3v) is 7.60. The molecule has 7 nitrogen and oxygen atoms in total. The van der Waals surface area contributed by atoms with Crippen LogP contribution in [0.15, 0.2) is 23.1 Å². The fourth-order valence-corrected chi connectivity index (χ4v) is 5.18. The molecule has 1 heterocycles. The summed E-state index contributed by atoms with van der Waals surface area (Å²) < 4.78 is 32.3. The number of nitrogens with one attached hydrogen (secondary N) is 1. The maximum atomic E-state index is 12.8. The highest BCUT2D eigenvalue weighted by atomic mass is 35.5. The maximum absolute atomic E-state index is 12.8. The zero-order valence-electron chi connectivity index (χ0n) is 17.0. The molecule has 1 aliphatic heterocycles. The van der Waals surface area contributed by atoms with Crippen molar-refractivity contribution in [2.45, 2.75) is 38.1 Å². The summed E-state index contributed by atoms with van der Waals surface area (Å²) in [7, 11) is -3.75. The van der Waals surface area contributed by atoms with E-state index in [-0.39, 0.29) is 26.9 Å². The molecule has 158 valence electrons. The van der Waals surface area contributed by atoms with Crippen LogP contribution in [-0.2, 0) is 14.8 Å². The number of morpholine rings is 1. The van der Waals surface area contributed by atoms with Gasteiger partial charge >= 0.3 is 0 Å². The quantitative estimate of drug-likeness (QED) is 0.682. The highest BCUT2D eigenvalue weighted by Gasteiger charge is 2.29.